The standard InChI is InChI=1S/C10H14N4OS/c1-15-7-8(11)12-6-13-9(7)14-2-10(3-14)4-16-5-10/h6H,2-5H2,1H3,(H2,11,12,13). The number of nitrogen functional groups attached to an aromatic ring is 1. The van der Waals surface area contributed by atoms with E-state index in [1.165, 1.54) is 17.8 Å². The fraction of sp³-hybridized carbons (Fsp3) is 0.600. The lowest BCUT2D eigenvalue weighted by Gasteiger charge is -2.55. The zero-order chi connectivity index (χ0) is 11.2. The van der Waals surface area contributed by atoms with Gasteiger partial charge in [0.15, 0.2) is 11.6 Å². The summed E-state index contributed by atoms with van der Waals surface area (Å²) in [6.45, 7) is 2.12. The molecule has 0 unspecified atom stereocenters. The molecule has 0 aliphatic carbocycles. The number of methoxy groups -OCH3 is 1. The Morgan fingerprint density at radius 3 is 2.75 bits per heavy atom. The van der Waals surface area contributed by atoms with E-state index >= 15 is 0 Å². The normalized spacial score (nSPS) is 21.4. The summed E-state index contributed by atoms with van der Waals surface area (Å²) in [6, 6.07) is 0. The second-order valence-electron chi connectivity index (χ2n) is 4.46. The Balaban J connectivity index is 1.82. The van der Waals surface area contributed by atoms with Gasteiger partial charge in [-0.1, -0.05) is 0 Å². The largest absolute Gasteiger partial charge is 0.490 e. The van der Waals surface area contributed by atoms with Gasteiger partial charge in [-0.3, -0.25) is 0 Å². The van der Waals surface area contributed by atoms with Gasteiger partial charge in [-0.15, -0.1) is 0 Å². The van der Waals surface area contributed by atoms with Crippen LogP contribution in [-0.4, -0.2) is 41.7 Å². The number of ether oxygens (including phenoxy) is 1. The van der Waals surface area contributed by atoms with E-state index in [0.29, 0.717) is 17.0 Å². The molecule has 86 valence electrons. The van der Waals surface area contributed by atoms with Crippen molar-refractivity contribution in [3.63, 3.8) is 0 Å². The van der Waals surface area contributed by atoms with Gasteiger partial charge in [0.2, 0.25) is 5.75 Å². The Morgan fingerprint density at radius 1 is 1.44 bits per heavy atom. The highest BCUT2D eigenvalue weighted by atomic mass is 32.2. The summed E-state index contributed by atoms with van der Waals surface area (Å²) in [6.07, 6.45) is 1.49. The van der Waals surface area contributed by atoms with Gasteiger partial charge in [0.25, 0.3) is 0 Å². The number of rotatable bonds is 2. The first-order chi connectivity index (χ1) is 7.74. The molecule has 2 aliphatic heterocycles. The van der Waals surface area contributed by atoms with E-state index in [1.807, 2.05) is 11.8 Å². The molecule has 3 heterocycles. The first kappa shape index (κ1) is 10.0. The van der Waals surface area contributed by atoms with Crippen LogP contribution in [0.5, 0.6) is 5.75 Å². The molecule has 6 heteroatoms. The Kier molecular flexibility index (Phi) is 2.14. The van der Waals surface area contributed by atoms with E-state index in [-0.39, 0.29) is 0 Å². The van der Waals surface area contributed by atoms with Crippen LogP contribution in [0.1, 0.15) is 0 Å². The molecule has 0 amide bonds. The van der Waals surface area contributed by atoms with E-state index in [9.17, 15) is 0 Å². The molecule has 0 saturated carbocycles. The maximum atomic E-state index is 5.76. The topological polar surface area (TPSA) is 64.3 Å². The van der Waals surface area contributed by atoms with E-state index in [1.54, 1.807) is 7.11 Å². The van der Waals surface area contributed by atoms with Crippen LogP contribution >= 0.6 is 11.8 Å². The van der Waals surface area contributed by atoms with Crippen molar-refractivity contribution in [3.05, 3.63) is 6.33 Å². The van der Waals surface area contributed by atoms with Crippen molar-refractivity contribution in [1.82, 2.24) is 9.97 Å². The number of nitrogens with zero attached hydrogens (tertiary/aromatic N) is 3. The average Bonchev–Trinajstić information content (AvgIpc) is 2.13. The first-order valence-electron chi connectivity index (χ1n) is 5.21. The number of anilines is 2. The number of thioether (sulfide) groups is 1. The van der Waals surface area contributed by atoms with Crippen LogP contribution in [0.4, 0.5) is 11.6 Å². The summed E-state index contributed by atoms with van der Waals surface area (Å²) >= 11 is 2.01. The monoisotopic (exact) mass is 238 g/mol. The van der Waals surface area contributed by atoms with E-state index in [2.05, 4.69) is 14.9 Å². The molecule has 1 aromatic heterocycles. The number of nitrogens with two attached hydrogens (primary N) is 1. The third-order valence-electron chi connectivity index (χ3n) is 3.19. The smallest absolute Gasteiger partial charge is 0.204 e. The van der Waals surface area contributed by atoms with Gasteiger partial charge in [0.1, 0.15) is 6.33 Å². The molecule has 0 aromatic carbocycles. The van der Waals surface area contributed by atoms with Gasteiger partial charge < -0.3 is 15.4 Å². The number of aromatic nitrogens is 2. The van der Waals surface area contributed by atoms with E-state index < -0.39 is 0 Å². The fourth-order valence-corrected chi connectivity index (χ4v) is 3.43. The summed E-state index contributed by atoms with van der Waals surface area (Å²) in [4.78, 5) is 10.4. The lowest BCUT2D eigenvalue weighted by Crippen LogP contribution is -2.63. The lowest BCUT2D eigenvalue weighted by molar-refractivity contribution is 0.267. The number of hydrogen-bond donors (Lipinski definition) is 1. The molecular weight excluding hydrogens is 224 g/mol. The van der Waals surface area contributed by atoms with Gasteiger partial charge in [-0.25, -0.2) is 9.97 Å². The molecule has 16 heavy (non-hydrogen) atoms. The van der Waals surface area contributed by atoms with Crippen molar-refractivity contribution in [3.8, 4) is 5.75 Å². The first-order valence-corrected chi connectivity index (χ1v) is 6.37. The van der Waals surface area contributed by atoms with Gasteiger partial charge in [-0.2, -0.15) is 11.8 Å². The minimum atomic E-state index is 0.413. The maximum Gasteiger partial charge on any atom is 0.204 e. The molecule has 2 N–H and O–H groups in total. The van der Waals surface area contributed by atoms with Crippen molar-refractivity contribution in [2.45, 2.75) is 0 Å². The summed E-state index contributed by atoms with van der Waals surface area (Å²) in [5.74, 6) is 4.39. The Labute approximate surface area is 98.4 Å². The van der Waals surface area contributed by atoms with Crippen LogP contribution in [0.25, 0.3) is 0 Å². The third-order valence-corrected chi connectivity index (χ3v) is 4.82. The Bertz CT molecular complexity index is 413. The summed E-state index contributed by atoms with van der Waals surface area (Å²) < 4.78 is 5.26. The second-order valence-corrected chi connectivity index (χ2v) is 5.45. The molecule has 5 nitrogen and oxygen atoms in total. The quantitative estimate of drug-likeness (QED) is 0.815. The Hall–Kier alpha value is -1.17. The van der Waals surface area contributed by atoms with Gasteiger partial charge in [-0.05, 0) is 0 Å². The van der Waals surface area contributed by atoms with E-state index in [4.69, 9.17) is 10.5 Å². The molecule has 3 rings (SSSR count). The lowest BCUT2D eigenvalue weighted by atomic mass is 9.83. The van der Waals surface area contributed by atoms with Gasteiger partial charge >= 0.3 is 0 Å². The molecule has 0 atom stereocenters. The van der Waals surface area contributed by atoms with Gasteiger partial charge in [0, 0.05) is 30.0 Å². The van der Waals surface area contributed by atoms with Crippen molar-refractivity contribution < 1.29 is 4.74 Å². The van der Waals surface area contributed by atoms with Crippen LogP contribution in [0.2, 0.25) is 0 Å². The van der Waals surface area contributed by atoms with Crippen LogP contribution in [0, 0.1) is 5.41 Å². The number of hydrogen-bond acceptors (Lipinski definition) is 6. The fourth-order valence-electron chi connectivity index (χ4n) is 2.29. The SMILES string of the molecule is COc1c(N)ncnc1N1CC2(CSC2)C1. The molecule has 1 aromatic rings. The zero-order valence-corrected chi connectivity index (χ0v) is 9.96. The molecular formula is C10H14N4OS. The molecule has 2 aliphatic rings. The summed E-state index contributed by atoms with van der Waals surface area (Å²) in [5, 5.41) is 0. The van der Waals surface area contributed by atoms with Crippen LogP contribution in [-0.2, 0) is 0 Å². The summed E-state index contributed by atoms with van der Waals surface area (Å²) in [7, 11) is 1.60. The van der Waals surface area contributed by atoms with Crippen LogP contribution in [0.3, 0.4) is 0 Å². The Morgan fingerprint density at radius 2 is 2.19 bits per heavy atom. The zero-order valence-electron chi connectivity index (χ0n) is 9.14. The molecule has 0 radical (unpaired) electrons. The van der Waals surface area contributed by atoms with Crippen molar-refractivity contribution >= 4 is 23.4 Å². The highest BCUT2D eigenvalue weighted by Gasteiger charge is 2.49. The van der Waals surface area contributed by atoms with Crippen molar-refractivity contribution in [2.24, 2.45) is 5.41 Å². The average molecular weight is 238 g/mol. The van der Waals surface area contributed by atoms with Crippen LogP contribution < -0.4 is 15.4 Å². The third kappa shape index (κ3) is 1.32. The van der Waals surface area contributed by atoms with E-state index in [0.717, 1.165) is 18.9 Å². The predicted molar refractivity (Wildman–Crippen MR) is 65.0 cm³/mol. The maximum absolute atomic E-state index is 5.76. The minimum absolute atomic E-state index is 0.413. The predicted octanol–water partition coefficient (Wildman–Crippen LogP) is 0.621. The van der Waals surface area contributed by atoms with Crippen molar-refractivity contribution in [2.75, 3.05) is 42.3 Å². The highest BCUT2D eigenvalue weighted by molar-refractivity contribution is 8.00. The van der Waals surface area contributed by atoms with Crippen molar-refractivity contribution in [1.29, 1.82) is 0 Å². The molecule has 1 spiro atoms. The van der Waals surface area contributed by atoms with Gasteiger partial charge in [0.05, 0.1) is 7.11 Å². The molecule has 2 saturated heterocycles. The minimum Gasteiger partial charge on any atom is -0.490 e. The second kappa shape index (κ2) is 3.41. The molecule has 0 bridgehead atoms. The molecule has 2 fully saturated rings. The summed E-state index contributed by atoms with van der Waals surface area (Å²) in [5.41, 5.74) is 6.29. The van der Waals surface area contributed by atoms with Crippen LogP contribution in [0.15, 0.2) is 6.33 Å². The highest BCUT2D eigenvalue weighted by Crippen LogP contribution is 2.48.